The average molecular weight is 269 g/mol. The molecule has 3 N–H and O–H groups in total. The van der Waals surface area contributed by atoms with Crippen LogP contribution in [-0.2, 0) is 4.79 Å². The van der Waals surface area contributed by atoms with Crippen LogP contribution in [0.25, 0.3) is 0 Å². The number of carbonyl (C=O) groups is 1. The summed E-state index contributed by atoms with van der Waals surface area (Å²) in [7, 11) is 1.87. The molecular formula is C15H31N3O. The van der Waals surface area contributed by atoms with Crippen LogP contribution in [0.15, 0.2) is 0 Å². The maximum Gasteiger partial charge on any atom is 0.238 e. The first-order valence-electron chi connectivity index (χ1n) is 7.81. The number of hydrogen-bond acceptors (Lipinski definition) is 3. The molecule has 1 aliphatic carbocycles. The van der Waals surface area contributed by atoms with Crippen LogP contribution in [-0.4, -0.2) is 43.0 Å². The molecule has 1 fully saturated rings. The second-order valence-corrected chi connectivity index (χ2v) is 5.81. The van der Waals surface area contributed by atoms with E-state index in [1.54, 1.807) is 0 Å². The van der Waals surface area contributed by atoms with E-state index in [9.17, 15) is 4.79 Å². The average Bonchev–Trinajstić information content (AvgIpc) is 2.80. The predicted molar refractivity (Wildman–Crippen MR) is 80.0 cm³/mol. The molecule has 4 heteroatoms. The van der Waals surface area contributed by atoms with Crippen molar-refractivity contribution in [3.8, 4) is 0 Å². The minimum atomic E-state index is -0.454. The number of carbonyl (C=O) groups excluding carboxylic acids is 1. The van der Waals surface area contributed by atoms with Gasteiger partial charge in [-0.3, -0.25) is 4.79 Å². The Balaban J connectivity index is 2.57. The van der Waals surface area contributed by atoms with Crippen LogP contribution in [0.5, 0.6) is 0 Å². The molecule has 0 spiro atoms. The van der Waals surface area contributed by atoms with Crippen molar-refractivity contribution < 1.29 is 4.79 Å². The summed E-state index contributed by atoms with van der Waals surface area (Å²) in [5.41, 5.74) is 5.19. The van der Waals surface area contributed by atoms with Gasteiger partial charge in [-0.2, -0.15) is 0 Å². The molecule has 1 aliphatic rings. The lowest BCUT2D eigenvalue weighted by Crippen LogP contribution is -2.56. The standard InChI is InChI=1S/C15H31N3O/c1-4-10-18(11-5-2)12-8-13-7-6-9-15(13,17-3)14(16)19/h13,17H,4-12H2,1-3H3,(H2,16,19). The summed E-state index contributed by atoms with van der Waals surface area (Å²) in [6.45, 7) is 7.84. The molecule has 4 nitrogen and oxygen atoms in total. The minimum absolute atomic E-state index is 0.171. The zero-order valence-electron chi connectivity index (χ0n) is 12.9. The smallest absolute Gasteiger partial charge is 0.238 e. The van der Waals surface area contributed by atoms with Crippen molar-refractivity contribution in [2.75, 3.05) is 26.7 Å². The Labute approximate surface area is 118 Å². The van der Waals surface area contributed by atoms with E-state index < -0.39 is 5.54 Å². The lowest BCUT2D eigenvalue weighted by atomic mass is 9.84. The summed E-state index contributed by atoms with van der Waals surface area (Å²) in [5.74, 6) is 0.223. The number of nitrogens with two attached hydrogens (primary N) is 1. The first kappa shape index (κ1) is 16.4. The topological polar surface area (TPSA) is 58.4 Å². The van der Waals surface area contributed by atoms with E-state index in [1.165, 1.54) is 12.8 Å². The predicted octanol–water partition coefficient (Wildman–Crippen LogP) is 1.74. The first-order chi connectivity index (χ1) is 9.10. The van der Waals surface area contributed by atoms with Crippen molar-refractivity contribution in [1.82, 2.24) is 10.2 Å². The normalized spacial score (nSPS) is 27.1. The van der Waals surface area contributed by atoms with Crippen LogP contribution in [0.4, 0.5) is 0 Å². The number of primary amides is 1. The monoisotopic (exact) mass is 269 g/mol. The van der Waals surface area contributed by atoms with Gasteiger partial charge in [0.2, 0.25) is 5.91 Å². The number of likely N-dealkylation sites (N-methyl/N-ethyl adjacent to an activating group) is 1. The summed E-state index contributed by atoms with van der Waals surface area (Å²) in [5, 5.41) is 3.22. The van der Waals surface area contributed by atoms with E-state index in [0.717, 1.165) is 45.3 Å². The minimum Gasteiger partial charge on any atom is -0.368 e. The van der Waals surface area contributed by atoms with Crippen molar-refractivity contribution in [2.24, 2.45) is 11.7 Å². The quantitative estimate of drug-likeness (QED) is 0.670. The van der Waals surface area contributed by atoms with E-state index in [0.29, 0.717) is 5.92 Å². The maximum absolute atomic E-state index is 11.8. The van der Waals surface area contributed by atoms with Crippen molar-refractivity contribution in [2.45, 2.75) is 57.9 Å². The van der Waals surface area contributed by atoms with E-state index in [2.05, 4.69) is 24.1 Å². The summed E-state index contributed by atoms with van der Waals surface area (Å²) in [6, 6.07) is 0. The fourth-order valence-electron chi connectivity index (χ4n) is 3.55. The summed E-state index contributed by atoms with van der Waals surface area (Å²) >= 11 is 0. The fourth-order valence-corrected chi connectivity index (χ4v) is 3.55. The zero-order chi connectivity index (χ0) is 14.3. The lowest BCUT2D eigenvalue weighted by molar-refractivity contribution is -0.125. The van der Waals surface area contributed by atoms with Gasteiger partial charge < -0.3 is 16.0 Å². The van der Waals surface area contributed by atoms with E-state index >= 15 is 0 Å². The van der Waals surface area contributed by atoms with E-state index in [4.69, 9.17) is 5.73 Å². The third-order valence-corrected chi connectivity index (χ3v) is 4.58. The molecule has 2 atom stereocenters. The third kappa shape index (κ3) is 3.93. The molecule has 1 amide bonds. The second-order valence-electron chi connectivity index (χ2n) is 5.81. The van der Waals surface area contributed by atoms with Crippen LogP contribution in [0, 0.1) is 5.92 Å². The Morgan fingerprint density at radius 3 is 2.42 bits per heavy atom. The Hall–Kier alpha value is -0.610. The molecule has 19 heavy (non-hydrogen) atoms. The molecule has 112 valence electrons. The van der Waals surface area contributed by atoms with Gasteiger partial charge in [-0.15, -0.1) is 0 Å². The van der Waals surface area contributed by atoms with Gasteiger partial charge >= 0.3 is 0 Å². The van der Waals surface area contributed by atoms with Crippen LogP contribution in [0.2, 0.25) is 0 Å². The summed E-state index contributed by atoms with van der Waals surface area (Å²) in [4.78, 5) is 14.3. The highest BCUT2D eigenvalue weighted by atomic mass is 16.1. The Morgan fingerprint density at radius 2 is 1.95 bits per heavy atom. The van der Waals surface area contributed by atoms with Crippen molar-refractivity contribution in [3.05, 3.63) is 0 Å². The van der Waals surface area contributed by atoms with Crippen LogP contribution >= 0.6 is 0 Å². The molecule has 0 bridgehead atoms. The molecule has 0 radical (unpaired) electrons. The highest BCUT2D eigenvalue weighted by Gasteiger charge is 2.46. The Morgan fingerprint density at radius 1 is 1.32 bits per heavy atom. The van der Waals surface area contributed by atoms with E-state index in [-0.39, 0.29) is 5.91 Å². The molecular weight excluding hydrogens is 238 g/mol. The molecule has 1 saturated carbocycles. The highest BCUT2D eigenvalue weighted by molar-refractivity contribution is 5.85. The lowest BCUT2D eigenvalue weighted by Gasteiger charge is -2.33. The van der Waals surface area contributed by atoms with Crippen molar-refractivity contribution >= 4 is 5.91 Å². The molecule has 0 aliphatic heterocycles. The SMILES string of the molecule is CCCN(CCC)CCC1CCCC1(NC)C(N)=O. The molecule has 0 aromatic heterocycles. The van der Waals surface area contributed by atoms with Crippen molar-refractivity contribution in [1.29, 1.82) is 0 Å². The molecule has 0 aromatic carbocycles. The molecule has 2 unspecified atom stereocenters. The van der Waals surface area contributed by atoms with Gasteiger partial charge in [0, 0.05) is 0 Å². The third-order valence-electron chi connectivity index (χ3n) is 4.58. The van der Waals surface area contributed by atoms with Gasteiger partial charge in [-0.05, 0) is 64.7 Å². The van der Waals surface area contributed by atoms with Crippen molar-refractivity contribution in [3.63, 3.8) is 0 Å². The van der Waals surface area contributed by atoms with Gasteiger partial charge in [-0.25, -0.2) is 0 Å². The van der Waals surface area contributed by atoms with Crippen LogP contribution in [0.1, 0.15) is 52.4 Å². The fraction of sp³-hybridized carbons (Fsp3) is 0.933. The largest absolute Gasteiger partial charge is 0.368 e. The number of amides is 1. The van der Waals surface area contributed by atoms with Gasteiger partial charge in [0.1, 0.15) is 5.54 Å². The number of nitrogens with one attached hydrogen (secondary N) is 1. The highest BCUT2D eigenvalue weighted by Crippen LogP contribution is 2.37. The van der Waals surface area contributed by atoms with E-state index in [1.807, 2.05) is 7.05 Å². The number of nitrogens with zero attached hydrogens (tertiary/aromatic N) is 1. The van der Waals surface area contributed by atoms with Gasteiger partial charge in [0.05, 0.1) is 0 Å². The second kappa shape index (κ2) is 7.85. The molecule has 0 saturated heterocycles. The molecule has 0 aromatic rings. The van der Waals surface area contributed by atoms with Gasteiger partial charge in [-0.1, -0.05) is 20.3 Å². The van der Waals surface area contributed by atoms with Crippen LogP contribution in [0.3, 0.4) is 0 Å². The summed E-state index contributed by atoms with van der Waals surface area (Å²) in [6.07, 6.45) is 6.58. The number of hydrogen-bond donors (Lipinski definition) is 2. The number of rotatable bonds is 9. The Bertz CT molecular complexity index is 277. The Kier molecular flexibility index (Phi) is 6.80. The first-order valence-corrected chi connectivity index (χ1v) is 7.81. The summed E-state index contributed by atoms with van der Waals surface area (Å²) < 4.78 is 0. The molecule has 1 rings (SSSR count). The molecule has 0 heterocycles. The van der Waals surface area contributed by atoms with Crippen LogP contribution < -0.4 is 11.1 Å². The zero-order valence-corrected chi connectivity index (χ0v) is 12.9. The maximum atomic E-state index is 11.8. The van der Waals surface area contributed by atoms with Gasteiger partial charge in [0.15, 0.2) is 0 Å². The van der Waals surface area contributed by atoms with Gasteiger partial charge in [0.25, 0.3) is 0 Å².